The van der Waals surface area contributed by atoms with Gasteiger partial charge in [0.25, 0.3) is 0 Å². The molecule has 6 aromatic rings. The molecule has 1 heterocycles. The number of phenolic OH excluding ortho intramolecular Hbond substituents is 6. The molecule has 5 aromatic carbocycles. The fourth-order valence-electron chi connectivity index (χ4n) is 15.1. The molecule has 72 heavy (non-hydrogen) atoms. The molecule has 13 nitrogen and oxygen atoms in total. The number of nitrogens with two attached hydrogens (primary N) is 1. The number of aliphatic hydroxyl groups excluding tert-OH is 2. The van der Waals surface area contributed by atoms with Crippen molar-refractivity contribution in [3.05, 3.63) is 142 Å². The highest BCUT2D eigenvalue weighted by Gasteiger charge is 2.65. The van der Waals surface area contributed by atoms with E-state index >= 15 is 4.79 Å². The molecule has 0 unspecified atom stereocenters. The standard InChI is InChI=1S/C59H64N2O11/c60-30-72-51-21-31(11-15-48(51)66)10-14-47(65)42-23-35(22-34-12-13-38(64)26-49(34)67)41-24-36-25-46(59-28-32(6-4-18-62)20-45(59)40-16-17-61-55(40)39-8-1-2-9-44(39)59)53(54(41)56(42)69)43-27-50(68)57(70)58(52(36)43)71-29-33-5-3-7-37(63)19-33/h1-3,5,7-9,11-13,15-17,19,21,26-27,32,35-36,41-42,45-46,53-54,56,61-64,66-70H,4,6,10,14,18,20,22-25,28-30,60H2/t32-,35-,36+,41-,42+,45-,46+,53+,54-,56+,59+/m1/s1. The summed E-state index contributed by atoms with van der Waals surface area (Å²) in [6.45, 7) is -0.0478. The van der Waals surface area contributed by atoms with Gasteiger partial charge in [0, 0.05) is 53.4 Å². The number of aromatic hydroxyl groups is 6. The van der Waals surface area contributed by atoms with Gasteiger partial charge in [0.1, 0.15) is 36.4 Å². The number of nitrogens with one attached hydrogen (secondary N) is 1. The van der Waals surface area contributed by atoms with Gasteiger partial charge in [-0.2, -0.15) is 0 Å². The Kier molecular flexibility index (Phi) is 12.6. The molecule has 0 saturated heterocycles. The molecular formula is C59H64N2O11. The molecule has 0 spiro atoms. The Morgan fingerprint density at radius 3 is 2.43 bits per heavy atom. The summed E-state index contributed by atoms with van der Waals surface area (Å²) in [5.74, 6) is -2.92. The topological polar surface area (TPSA) is 239 Å². The number of phenols is 6. The number of ketones is 1. The molecule has 2 bridgehead atoms. The van der Waals surface area contributed by atoms with Crippen molar-refractivity contribution in [3.63, 3.8) is 0 Å². The molecule has 3 fully saturated rings. The number of Topliss-reactive ketones (excluding diaryl/α,β-unsaturated/α-hetero) is 1. The maximum Gasteiger partial charge on any atom is 0.200 e. The van der Waals surface area contributed by atoms with Crippen molar-refractivity contribution >= 4 is 5.78 Å². The van der Waals surface area contributed by atoms with Gasteiger partial charge in [-0.1, -0.05) is 48.5 Å². The monoisotopic (exact) mass is 976 g/mol. The lowest BCUT2D eigenvalue weighted by Gasteiger charge is -2.55. The summed E-state index contributed by atoms with van der Waals surface area (Å²) in [6, 6.07) is 28.8. The van der Waals surface area contributed by atoms with E-state index in [1.165, 1.54) is 23.3 Å². The van der Waals surface area contributed by atoms with Gasteiger partial charge < -0.3 is 55.3 Å². The van der Waals surface area contributed by atoms with Crippen LogP contribution < -0.4 is 15.2 Å². The first kappa shape index (κ1) is 47.6. The highest BCUT2D eigenvalue weighted by atomic mass is 16.5. The molecule has 0 amide bonds. The second-order valence-corrected chi connectivity index (χ2v) is 21.4. The van der Waals surface area contributed by atoms with Gasteiger partial charge in [-0.05, 0) is 181 Å². The van der Waals surface area contributed by atoms with Crippen LogP contribution in [0.1, 0.15) is 108 Å². The van der Waals surface area contributed by atoms with Crippen LogP contribution in [0, 0.1) is 35.5 Å². The van der Waals surface area contributed by atoms with Crippen LogP contribution in [0.15, 0.2) is 103 Å². The molecule has 11 N–H and O–H groups in total. The molecular weight excluding hydrogens is 913 g/mol. The molecule has 6 aliphatic rings. The predicted molar refractivity (Wildman–Crippen MR) is 269 cm³/mol. The number of hydrogen-bond acceptors (Lipinski definition) is 12. The van der Waals surface area contributed by atoms with Crippen molar-refractivity contribution in [3.8, 4) is 57.3 Å². The number of rotatable bonds is 15. The van der Waals surface area contributed by atoms with Crippen molar-refractivity contribution in [2.45, 2.75) is 100 Å². The summed E-state index contributed by atoms with van der Waals surface area (Å²) in [4.78, 5) is 18.7. The molecule has 6 aliphatic carbocycles. The number of hydrogen-bond donors (Lipinski definition) is 10. The number of fused-ring (bicyclic) bond motifs is 8. The third-order valence-corrected chi connectivity index (χ3v) is 17.8. The van der Waals surface area contributed by atoms with Crippen molar-refractivity contribution in [1.82, 2.24) is 4.98 Å². The quantitative estimate of drug-likeness (QED) is 0.0342. The number of ether oxygens (including phenoxy) is 2. The van der Waals surface area contributed by atoms with Crippen LogP contribution in [-0.2, 0) is 29.7 Å². The zero-order chi connectivity index (χ0) is 50.0. The van der Waals surface area contributed by atoms with Gasteiger partial charge in [-0.3, -0.25) is 10.5 Å². The number of carbonyl (C=O) groups is 1. The first-order valence-electron chi connectivity index (χ1n) is 25.6. The number of aryl methyl sites for hydroxylation is 1. The van der Waals surface area contributed by atoms with E-state index in [-0.39, 0.29) is 114 Å². The van der Waals surface area contributed by atoms with Gasteiger partial charge in [0.05, 0.1) is 6.10 Å². The van der Waals surface area contributed by atoms with Crippen molar-refractivity contribution in [2.75, 3.05) is 13.3 Å². The zero-order valence-electron chi connectivity index (χ0n) is 40.2. The van der Waals surface area contributed by atoms with E-state index in [0.717, 1.165) is 47.2 Å². The van der Waals surface area contributed by atoms with E-state index < -0.39 is 29.3 Å². The summed E-state index contributed by atoms with van der Waals surface area (Å²) >= 11 is 0. The minimum atomic E-state index is -1.13. The Hall–Kier alpha value is -6.67. The largest absolute Gasteiger partial charge is 0.508 e. The van der Waals surface area contributed by atoms with Crippen molar-refractivity contribution < 1.29 is 55.1 Å². The van der Waals surface area contributed by atoms with Crippen molar-refractivity contribution in [2.24, 2.45) is 41.2 Å². The van der Waals surface area contributed by atoms with Crippen LogP contribution >= 0.6 is 0 Å². The smallest absolute Gasteiger partial charge is 0.200 e. The van der Waals surface area contributed by atoms with E-state index in [0.29, 0.717) is 49.7 Å². The highest BCUT2D eigenvalue weighted by molar-refractivity contribution is 5.82. The Bertz CT molecular complexity index is 3000. The van der Waals surface area contributed by atoms with Crippen LogP contribution in [-0.4, -0.2) is 71.1 Å². The fraction of sp³-hybridized carbons (Fsp3) is 0.407. The lowest BCUT2D eigenvalue weighted by Crippen LogP contribution is -2.52. The maximum absolute atomic E-state index is 15.1. The Balaban J connectivity index is 1.09. The fourth-order valence-corrected chi connectivity index (χ4v) is 15.1. The van der Waals surface area contributed by atoms with E-state index in [2.05, 4.69) is 35.3 Å². The first-order chi connectivity index (χ1) is 34.9. The number of H-pyrrole nitrogens is 1. The third kappa shape index (κ3) is 8.10. The molecule has 1 aromatic heterocycles. The lowest BCUT2D eigenvalue weighted by atomic mass is 9.49. The number of aromatic nitrogens is 1. The summed E-state index contributed by atoms with van der Waals surface area (Å²) in [5, 5.41) is 90.0. The zero-order valence-corrected chi connectivity index (χ0v) is 40.2. The van der Waals surface area contributed by atoms with E-state index in [9.17, 15) is 40.9 Å². The summed E-state index contributed by atoms with van der Waals surface area (Å²) in [5.41, 5.74) is 13.5. The second kappa shape index (κ2) is 19.1. The molecule has 11 atom stereocenters. The highest BCUT2D eigenvalue weighted by Crippen LogP contribution is 2.73. The number of carbonyl (C=O) groups excluding carboxylic acids is 1. The Morgan fingerprint density at radius 2 is 1.62 bits per heavy atom. The van der Waals surface area contributed by atoms with Gasteiger partial charge in [-0.25, -0.2) is 0 Å². The molecule has 13 heteroatoms. The van der Waals surface area contributed by atoms with Gasteiger partial charge >= 0.3 is 0 Å². The molecule has 12 rings (SSSR count). The predicted octanol–water partition coefficient (Wildman–Crippen LogP) is 9.27. The van der Waals surface area contributed by atoms with Gasteiger partial charge in [0.2, 0.25) is 5.75 Å². The Morgan fingerprint density at radius 1 is 0.792 bits per heavy atom. The molecule has 0 aliphatic heterocycles. The third-order valence-electron chi connectivity index (χ3n) is 17.8. The van der Waals surface area contributed by atoms with Crippen LogP contribution in [0.25, 0.3) is 11.3 Å². The number of benzene rings is 5. The second-order valence-electron chi connectivity index (χ2n) is 21.4. The number of aromatic amines is 1. The van der Waals surface area contributed by atoms with E-state index in [1.807, 2.05) is 12.3 Å². The number of aliphatic hydroxyl groups is 2. The van der Waals surface area contributed by atoms with Crippen LogP contribution in [0.3, 0.4) is 0 Å². The van der Waals surface area contributed by atoms with Crippen molar-refractivity contribution in [1.29, 1.82) is 0 Å². The first-order valence-corrected chi connectivity index (χ1v) is 25.6. The SMILES string of the molecule is NCOc1cc(CCC(=O)[C@@H]2C[C@@H](Cc3ccc(O)cc3O)[C@H]3C[C@H]4C[C@H]([C@]56C[C@H](CCCO)C[C@@H]5c5cc[nH]c5-c5ccccc56)[C@H](c5cc(O)c(O)c(OCc6cccc(O)c6)c54)[C@@H]3[C@H]2O)ccc1O. The van der Waals surface area contributed by atoms with Gasteiger partial charge in [-0.15, -0.1) is 0 Å². The lowest BCUT2D eigenvalue weighted by molar-refractivity contribution is -0.136. The van der Waals surface area contributed by atoms with E-state index in [1.54, 1.807) is 48.5 Å². The molecule has 0 radical (unpaired) electrons. The summed E-state index contributed by atoms with van der Waals surface area (Å²) < 4.78 is 12.1. The van der Waals surface area contributed by atoms with Gasteiger partial charge in [0.15, 0.2) is 23.0 Å². The average Bonchev–Trinajstić information content (AvgIpc) is 3.94. The summed E-state index contributed by atoms with van der Waals surface area (Å²) in [6.07, 6.45) is 6.48. The van der Waals surface area contributed by atoms with E-state index in [4.69, 9.17) is 15.2 Å². The van der Waals surface area contributed by atoms with Crippen LogP contribution in [0.4, 0.5) is 0 Å². The van der Waals surface area contributed by atoms with Crippen LogP contribution in [0.2, 0.25) is 0 Å². The van der Waals surface area contributed by atoms with Crippen LogP contribution in [0.5, 0.6) is 46.0 Å². The maximum atomic E-state index is 15.1. The minimum Gasteiger partial charge on any atom is -0.508 e. The summed E-state index contributed by atoms with van der Waals surface area (Å²) in [7, 11) is 0. The Labute approximate surface area is 418 Å². The molecule has 376 valence electrons. The average molecular weight is 977 g/mol. The minimum absolute atomic E-state index is 0.00343. The molecule has 3 saturated carbocycles. The normalized spacial score (nSPS) is 27.7.